The summed E-state index contributed by atoms with van der Waals surface area (Å²) in [6.45, 7) is 13.5. The highest BCUT2D eigenvalue weighted by molar-refractivity contribution is 5.15. The summed E-state index contributed by atoms with van der Waals surface area (Å²) in [6, 6.07) is 0. The molecule has 0 aliphatic heterocycles. The highest BCUT2D eigenvalue weighted by Gasteiger charge is 2.15. The Kier molecular flexibility index (Phi) is 5.83. The van der Waals surface area contributed by atoms with Crippen molar-refractivity contribution in [2.75, 3.05) is 0 Å². The number of rotatable bonds is 5. The molecule has 0 aromatic carbocycles. The summed E-state index contributed by atoms with van der Waals surface area (Å²) >= 11 is 0. The van der Waals surface area contributed by atoms with Gasteiger partial charge in [0, 0.05) is 5.41 Å². The Bertz CT molecular complexity index is 210. The molecule has 0 aromatic rings. The lowest BCUT2D eigenvalue weighted by Crippen LogP contribution is -2.10. The molecular formula is C14H26. The molecule has 0 radical (unpaired) electrons. The van der Waals surface area contributed by atoms with E-state index in [2.05, 4.69) is 59.8 Å². The second-order valence-electron chi connectivity index (χ2n) is 4.56. The zero-order valence-corrected chi connectivity index (χ0v) is 10.7. The minimum absolute atomic E-state index is 0.252. The molecule has 0 spiro atoms. The molecule has 14 heavy (non-hydrogen) atoms. The molecule has 0 heterocycles. The van der Waals surface area contributed by atoms with Crippen molar-refractivity contribution in [3.63, 3.8) is 0 Å². The molecule has 0 saturated heterocycles. The van der Waals surface area contributed by atoms with Crippen LogP contribution < -0.4 is 0 Å². The second-order valence-corrected chi connectivity index (χ2v) is 4.56. The van der Waals surface area contributed by atoms with Gasteiger partial charge in [-0.05, 0) is 32.6 Å². The zero-order chi connectivity index (χ0) is 11.2. The average molecular weight is 194 g/mol. The summed E-state index contributed by atoms with van der Waals surface area (Å²) in [5.74, 6) is 0.714. The second kappa shape index (κ2) is 6.06. The third-order valence-electron chi connectivity index (χ3n) is 3.26. The molecule has 0 aliphatic carbocycles. The van der Waals surface area contributed by atoms with Crippen molar-refractivity contribution in [2.24, 2.45) is 11.3 Å². The fourth-order valence-electron chi connectivity index (χ4n) is 1.63. The van der Waals surface area contributed by atoms with E-state index < -0.39 is 0 Å². The number of hydrogen-bond acceptors (Lipinski definition) is 0. The highest BCUT2D eigenvalue weighted by Crippen LogP contribution is 2.29. The molecule has 0 saturated carbocycles. The molecular weight excluding hydrogens is 168 g/mol. The van der Waals surface area contributed by atoms with Crippen LogP contribution in [0.1, 0.15) is 54.4 Å². The Morgan fingerprint density at radius 2 is 1.93 bits per heavy atom. The van der Waals surface area contributed by atoms with Crippen molar-refractivity contribution in [2.45, 2.75) is 54.4 Å². The van der Waals surface area contributed by atoms with E-state index in [1.54, 1.807) is 0 Å². The van der Waals surface area contributed by atoms with Crippen LogP contribution in [0, 0.1) is 11.3 Å². The first-order chi connectivity index (χ1) is 6.49. The van der Waals surface area contributed by atoms with Gasteiger partial charge >= 0.3 is 0 Å². The largest absolute Gasteiger partial charge is 0.0908 e. The van der Waals surface area contributed by atoms with E-state index in [-0.39, 0.29) is 5.41 Å². The summed E-state index contributed by atoms with van der Waals surface area (Å²) in [5.41, 5.74) is 1.78. The smallest absolute Gasteiger partial charge is 0.00326 e. The van der Waals surface area contributed by atoms with Gasteiger partial charge < -0.3 is 0 Å². The third kappa shape index (κ3) is 4.13. The van der Waals surface area contributed by atoms with E-state index in [0.717, 1.165) is 0 Å². The molecule has 2 atom stereocenters. The molecule has 82 valence electrons. The minimum Gasteiger partial charge on any atom is -0.0908 e. The van der Waals surface area contributed by atoms with E-state index in [9.17, 15) is 0 Å². The first-order valence-corrected chi connectivity index (χ1v) is 5.82. The van der Waals surface area contributed by atoms with Crippen LogP contribution in [0.3, 0.4) is 0 Å². The van der Waals surface area contributed by atoms with Crippen LogP contribution in [0.2, 0.25) is 0 Å². The van der Waals surface area contributed by atoms with Crippen LogP contribution in [0.5, 0.6) is 0 Å². The Morgan fingerprint density at radius 1 is 1.36 bits per heavy atom. The van der Waals surface area contributed by atoms with E-state index in [0.29, 0.717) is 5.92 Å². The van der Waals surface area contributed by atoms with E-state index in [1.807, 2.05) is 0 Å². The summed E-state index contributed by atoms with van der Waals surface area (Å²) in [7, 11) is 0. The number of hydrogen-bond donors (Lipinski definition) is 0. The summed E-state index contributed by atoms with van der Waals surface area (Å²) in [6.07, 6.45) is 9.30. The maximum absolute atomic E-state index is 2.43. The first kappa shape index (κ1) is 13.5. The maximum Gasteiger partial charge on any atom is 0.00326 e. The van der Waals surface area contributed by atoms with Crippen LogP contribution in [0.25, 0.3) is 0 Å². The van der Waals surface area contributed by atoms with E-state index >= 15 is 0 Å². The van der Waals surface area contributed by atoms with Gasteiger partial charge in [0.15, 0.2) is 0 Å². The summed E-state index contributed by atoms with van der Waals surface area (Å²) in [5, 5.41) is 0. The van der Waals surface area contributed by atoms with Gasteiger partial charge in [0.2, 0.25) is 0 Å². The van der Waals surface area contributed by atoms with Crippen molar-refractivity contribution in [3.05, 3.63) is 23.8 Å². The normalized spacial score (nSPS) is 19.7. The Labute approximate surface area is 90.1 Å². The van der Waals surface area contributed by atoms with Crippen LogP contribution >= 0.6 is 0 Å². The lowest BCUT2D eigenvalue weighted by atomic mass is 9.83. The van der Waals surface area contributed by atoms with Crippen LogP contribution in [0.4, 0.5) is 0 Å². The Morgan fingerprint density at radius 3 is 2.29 bits per heavy atom. The Balaban J connectivity index is 4.72. The predicted molar refractivity (Wildman–Crippen MR) is 66.4 cm³/mol. The lowest BCUT2D eigenvalue weighted by Gasteiger charge is -2.22. The molecule has 0 heteroatoms. The predicted octanol–water partition coefficient (Wildman–Crippen LogP) is 4.97. The van der Waals surface area contributed by atoms with Crippen LogP contribution in [0.15, 0.2) is 23.8 Å². The molecule has 0 fully saturated rings. The molecule has 2 unspecified atom stereocenters. The first-order valence-electron chi connectivity index (χ1n) is 5.82. The van der Waals surface area contributed by atoms with Crippen molar-refractivity contribution in [1.29, 1.82) is 0 Å². The topological polar surface area (TPSA) is 0 Å². The van der Waals surface area contributed by atoms with Crippen molar-refractivity contribution >= 4 is 0 Å². The van der Waals surface area contributed by atoms with Gasteiger partial charge in [0.1, 0.15) is 0 Å². The van der Waals surface area contributed by atoms with Crippen molar-refractivity contribution < 1.29 is 0 Å². The highest BCUT2D eigenvalue weighted by atomic mass is 14.2. The minimum atomic E-state index is 0.252. The monoisotopic (exact) mass is 194 g/mol. The van der Waals surface area contributed by atoms with Gasteiger partial charge in [0.05, 0.1) is 0 Å². The third-order valence-corrected chi connectivity index (χ3v) is 3.26. The lowest BCUT2D eigenvalue weighted by molar-refractivity contribution is 0.514. The molecule has 0 rings (SSSR count). The van der Waals surface area contributed by atoms with Gasteiger partial charge in [0.25, 0.3) is 0 Å². The van der Waals surface area contributed by atoms with E-state index in [1.165, 1.54) is 18.4 Å². The van der Waals surface area contributed by atoms with E-state index in [4.69, 9.17) is 0 Å². The van der Waals surface area contributed by atoms with Gasteiger partial charge in [-0.1, -0.05) is 51.5 Å². The molecule has 0 nitrogen and oxygen atoms in total. The standard InChI is InChI=1S/C14H26/c1-7-10-14(6,9-3)11-13(5)12(4)8-2/h7,10-12H,8-9H2,1-6H3. The summed E-state index contributed by atoms with van der Waals surface area (Å²) < 4.78 is 0. The molecule has 0 aliphatic rings. The molecule has 0 N–H and O–H groups in total. The van der Waals surface area contributed by atoms with Crippen LogP contribution in [-0.4, -0.2) is 0 Å². The SMILES string of the molecule is CC=CC(C)(C=C(C)C(C)CC)CC. The van der Waals surface area contributed by atoms with Gasteiger partial charge in [-0.3, -0.25) is 0 Å². The fraction of sp³-hybridized carbons (Fsp3) is 0.714. The Hall–Kier alpha value is -0.520. The van der Waals surface area contributed by atoms with Crippen molar-refractivity contribution in [1.82, 2.24) is 0 Å². The van der Waals surface area contributed by atoms with Crippen LogP contribution in [-0.2, 0) is 0 Å². The molecule has 0 bridgehead atoms. The van der Waals surface area contributed by atoms with Crippen molar-refractivity contribution in [3.8, 4) is 0 Å². The van der Waals surface area contributed by atoms with Gasteiger partial charge in [-0.15, -0.1) is 0 Å². The quantitative estimate of drug-likeness (QED) is 0.542. The number of allylic oxidation sites excluding steroid dienone is 4. The average Bonchev–Trinajstić information content (AvgIpc) is 2.16. The van der Waals surface area contributed by atoms with Gasteiger partial charge in [-0.2, -0.15) is 0 Å². The fourth-order valence-corrected chi connectivity index (χ4v) is 1.63. The maximum atomic E-state index is 2.43. The van der Waals surface area contributed by atoms with Gasteiger partial charge in [-0.25, -0.2) is 0 Å². The zero-order valence-electron chi connectivity index (χ0n) is 10.7. The summed E-state index contributed by atoms with van der Waals surface area (Å²) in [4.78, 5) is 0. The molecule has 0 aromatic heterocycles. The molecule has 0 amide bonds.